The van der Waals surface area contributed by atoms with Crippen LogP contribution in [0.4, 0.5) is 15.8 Å². The normalized spacial score (nSPS) is 16.0. The van der Waals surface area contributed by atoms with E-state index in [0.29, 0.717) is 31.1 Å². The van der Waals surface area contributed by atoms with Gasteiger partial charge in [0, 0.05) is 19.5 Å². The molecule has 1 heterocycles. The van der Waals surface area contributed by atoms with Gasteiger partial charge >= 0.3 is 5.97 Å². The fourth-order valence-electron chi connectivity index (χ4n) is 2.70. The van der Waals surface area contributed by atoms with E-state index in [-0.39, 0.29) is 12.1 Å². The van der Waals surface area contributed by atoms with Gasteiger partial charge in [-0.2, -0.15) is 0 Å². The van der Waals surface area contributed by atoms with Gasteiger partial charge in [-0.05, 0) is 37.3 Å². The fourth-order valence-corrected chi connectivity index (χ4v) is 2.70. The first-order valence-electron chi connectivity index (χ1n) is 6.88. The van der Waals surface area contributed by atoms with Crippen LogP contribution in [0.2, 0.25) is 0 Å². The molecule has 1 saturated heterocycles. The van der Waals surface area contributed by atoms with Crippen molar-refractivity contribution in [1.29, 1.82) is 0 Å². The number of nitro groups is 1. The van der Waals surface area contributed by atoms with Crippen molar-refractivity contribution in [1.82, 2.24) is 0 Å². The second-order valence-corrected chi connectivity index (χ2v) is 5.25. The van der Waals surface area contributed by atoms with Gasteiger partial charge in [-0.1, -0.05) is 0 Å². The highest BCUT2D eigenvalue weighted by atomic mass is 19.1. The monoisotopic (exact) mass is 296 g/mol. The Balaban J connectivity index is 2.02. The molecule has 0 atom stereocenters. The average molecular weight is 296 g/mol. The van der Waals surface area contributed by atoms with Crippen molar-refractivity contribution < 1.29 is 19.2 Å². The second kappa shape index (κ2) is 6.51. The summed E-state index contributed by atoms with van der Waals surface area (Å²) in [6, 6.07) is 3.59. The average Bonchev–Trinajstić information content (AvgIpc) is 2.45. The van der Waals surface area contributed by atoms with E-state index in [0.717, 1.165) is 18.9 Å². The van der Waals surface area contributed by atoms with Gasteiger partial charge in [0.05, 0.1) is 11.0 Å². The number of halogens is 1. The van der Waals surface area contributed by atoms with Crippen LogP contribution in [0.1, 0.15) is 25.7 Å². The largest absolute Gasteiger partial charge is 0.481 e. The summed E-state index contributed by atoms with van der Waals surface area (Å²) < 4.78 is 13.1. The highest BCUT2D eigenvalue weighted by Gasteiger charge is 2.25. The van der Waals surface area contributed by atoms with Gasteiger partial charge in [0.2, 0.25) is 0 Å². The summed E-state index contributed by atoms with van der Waals surface area (Å²) in [7, 11) is 0. The van der Waals surface area contributed by atoms with Crippen molar-refractivity contribution in [2.75, 3.05) is 18.0 Å². The molecule has 0 bridgehead atoms. The van der Waals surface area contributed by atoms with E-state index in [1.165, 1.54) is 12.1 Å². The highest BCUT2D eigenvalue weighted by molar-refractivity contribution is 5.66. The smallest absolute Gasteiger partial charge is 0.303 e. The Kier molecular flexibility index (Phi) is 4.72. The zero-order valence-corrected chi connectivity index (χ0v) is 11.5. The van der Waals surface area contributed by atoms with Crippen molar-refractivity contribution in [3.05, 3.63) is 34.1 Å². The number of anilines is 1. The Labute approximate surface area is 121 Å². The van der Waals surface area contributed by atoms with Crippen LogP contribution in [0.15, 0.2) is 18.2 Å². The number of carbonyl (C=O) groups is 1. The zero-order chi connectivity index (χ0) is 15.4. The van der Waals surface area contributed by atoms with E-state index in [4.69, 9.17) is 5.11 Å². The molecule has 21 heavy (non-hydrogen) atoms. The topological polar surface area (TPSA) is 83.7 Å². The fraction of sp³-hybridized carbons (Fsp3) is 0.500. The quantitative estimate of drug-likeness (QED) is 0.667. The van der Waals surface area contributed by atoms with Gasteiger partial charge in [-0.15, -0.1) is 0 Å². The van der Waals surface area contributed by atoms with Gasteiger partial charge < -0.3 is 10.0 Å². The molecule has 0 saturated carbocycles. The van der Waals surface area contributed by atoms with Crippen molar-refractivity contribution in [2.24, 2.45) is 5.92 Å². The van der Waals surface area contributed by atoms with Gasteiger partial charge in [0.15, 0.2) is 0 Å². The lowest BCUT2D eigenvalue weighted by molar-refractivity contribution is -0.384. The second-order valence-electron chi connectivity index (χ2n) is 5.25. The molecule has 0 amide bonds. The van der Waals surface area contributed by atoms with E-state index in [1.54, 1.807) is 0 Å². The lowest BCUT2D eigenvalue weighted by atomic mass is 9.92. The molecule has 7 heteroatoms. The SMILES string of the molecule is O=C(O)CCC1CCN(c2ccc(F)cc2[N+](=O)[O-])CC1. The van der Waals surface area contributed by atoms with Gasteiger partial charge in [-0.25, -0.2) is 4.39 Å². The minimum absolute atomic E-state index is 0.154. The summed E-state index contributed by atoms with van der Waals surface area (Å²) >= 11 is 0. The predicted octanol–water partition coefficient (Wildman–Crippen LogP) is 2.82. The van der Waals surface area contributed by atoms with E-state index in [9.17, 15) is 19.3 Å². The Hall–Kier alpha value is -2.18. The molecular formula is C14H17FN2O4. The number of hydrogen-bond donors (Lipinski definition) is 1. The summed E-state index contributed by atoms with van der Waals surface area (Å²) in [6.45, 7) is 1.24. The molecular weight excluding hydrogens is 279 g/mol. The highest BCUT2D eigenvalue weighted by Crippen LogP contribution is 2.32. The van der Waals surface area contributed by atoms with Crippen LogP contribution in [-0.4, -0.2) is 29.1 Å². The molecule has 1 aliphatic heterocycles. The summed E-state index contributed by atoms with van der Waals surface area (Å²) in [6.07, 6.45) is 2.37. The lowest BCUT2D eigenvalue weighted by Gasteiger charge is -2.33. The third-order valence-corrected chi connectivity index (χ3v) is 3.86. The maximum atomic E-state index is 13.1. The first kappa shape index (κ1) is 15.2. The number of rotatable bonds is 5. The number of hydrogen-bond acceptors (Lipinski definition) is 4. The van der Waals surface area contributed by atoms with Crippen molar-refractivity contribution in [3.63, 3.8) is 0 Å². The number of aliphatic carboxylic acids is 1. The number of benzene rings is 1. The van der Waals surface area contributed by atoms with Crippen molar-refractivity contribution in [3.8, 4) is 0 Å². The number of nitro benzene ring substituents is 1. The van der Waals surface area contributed by atoms with Crippen LogP contribution in [0, 0.1) is 21.8 Å². The van der Waals surface area contributed by atoms with Gasteiger partial charge in [0.1, 0.15) is 11.5 Å². The molecule has 0 unspecified atom stereocenters. The third-order valence-electron chi connectivity index (χ3n) is 3.86. The summed E-state index contributed by atoms with van der Waals surface area (Å²) in [5.74, 6) is -1.09. The molecule has 1 aromatic rings. The maximum Gasteiger partial charge on any atom is 0.303 e. The Morgan fingerprint density at radius 2 is 2.10 bits per heavy atom. The van der Waals surface area contributed by atoms with Crippen LogP contribution in [0.3, 0.4) is 0 Å². The van der Waals surface area contributed by atoms with Crippen molar-refractivity contribution >= 4 is 17.3 Å². The summed E-state index contributed by atoms with van der Waals surface area (Å²) in [5, 5.41) is 19.7. The van der Waals surface area contributed by atoms with Crippen LogP contribution in [0.5, 0.6) is 0 Å². The van der Waals surface area contributed by atoms with Crippen LogP contribution in [-0.2, 0) is 4.79 Å². The molecule has 0 spiro atoms. The standard InChI is InChI=1S/C14H17FN2O4/c15-11-2-3-12(13(9-11)17(20)21)16-7-5-10(6-8-16)1-4-14(18)19/h2-3,9-10H,1,4-8H2,(H,18,19). The molecule has 0 aliphatic carbocycles. The molecule has 114 valence electrons. The maximum absolute atomic E-state index is 13.1. The number of carboxylic acid groups (broad SMARTS) is 1. The Morgan fingerprint density at radius 1 is 1.43 bits per heavy atom. The predicted molar refractivity (Wildman–Crippen MR) is 74.9 cm³/mol. The van der Waals surface area contributed by atoms with Gasteiger partial charge in [0.25, 0.3) is 5.69 Å². The van der Waals surface area contributed by atoms with E-state index in [2.05, 4.69) is 0 Å². The molecule has 2 rings (SSSR count). The molecule has 1 aromatic carbocycles. The van der Waals surface area contributed by atoms with E-state index >= 15 is 0 Å². The number of carboxylic acids is 1. The third kappa shape index (κ3) is 3.90. The summed E-state index contributed by atoms with van der Waals surface area (Å²) in [5.41, 5.74) is 0.206. The van der Waals surface area contributed by atoms with Crippen LogP contribution in [0.25, 0.3) is 0 Å². The molecule has 1 fully saturated rings. The summed E-state index contributed by atoms with van der Waals surface area (Å²) in [4.78, 5) is 22.9. The Morgan fingerprint density at radius 3 is 2.67 bits per heavy atom. The van der Waals surface area contributed by atoms with E-state index < -0.39 is 16.7 Å². The Bertz CT molecular complexity index is 542. The lowest BCUT2D eigenvalue weighted by Crippen LogP contribution is -2.34. The van der Waals surface area contributed by atoms with Crippen molar-refractivity contribution in [2.45, 2.75) is 25.7 Å². The molecule has 1 aliphatic rings. The number of piperidine rings is 1. The van der Waals surface area contributed by atoms with Crippen LogP contribution >= 0.6 is 0 Å². The van der Waals surface area contributed by atoms with E-state index in [1.807, 2.05) is 4.90 Å². The zero-order valence-electron chi connectivity index (χ0n) is 11.5. The minimum Gasteiger partial charge on any atom is -0.481 e. The number of nitrogens with zero attached hydrogens (tertiary/aromatic N) is 2. The first-order valence-corrected chi connectivity index (χ1v) is 6.88. The molecule has 0 radical (unpaired) electrons. The minimum atomic E-state index is -0.799. The van der Waals surface area contributed by atoms with Crippen LogP contribution < -0.4 is 4.90 Å². The first-order chi connectivity index (χ1) is 9.97. The molecule has 1 N–H and O–H groups in total. The molecule has 0 aromatic heterocycles. The molecule has 6 nitrogen and oxygen atoms in total. The van der Waals surface area contributed by atoms with Gasteiger partial charge in [-0.3, -0.25) is 14.9 Å².